The molecule has 0 spiro atoms. The summed E-state index contributed by atoms with van der Waals surface area (Å²) in [6, 6.07) is 3.03. The van der Waals surface area contributed by atoms with Crippen LogP contribution in [-0.4, -0.2) is 24.3 Å². The minimum Gasteiger partial charge on any atom is -0.482 e. The first kappa shape index (κ1) is 19.1. The van der Waals surface area contributed by atoms with Crippen LogP contribution >= 0.6 is 0 Å². The lowest BCUT2D eigenvalue weighted by Crippen LogP contribution is -2.22. The van der Waals surface area contributed by atoms with E-state index in [9.17, 15) is 26.3 Å². The molecule has 0 radical (unpaired) electrons. The molecule has 1 aromatic carbocycles. The van der Waals surface area contributed by atoms with Crippen molar-refractivity contribution in [2.75, 3.05) is 12.0 Å². The summed E-state index contributed by atoms with van der Waals surface area (Å²) in [5.74, 6) is -1.36. The lowest BCUT2D eigenvalue weighted by molar-refractivity contribution is -0.153. The quantitative estimate of drug-likeness (QED) is 0.327. The molecule has 0 aliphatic rings. The van der Waals surface area contributed by atoms with Crippen molar-refractivity contribution in [2.24, 2.45) is 10.8 Å². The highest BCUT2D eigenvalue weighted by Crippen LogP contribution is 2.35. The van der Waals surface area contributed by atoms with Crippen LogP contribution in [0, 0.1) is 16.7 Å². The minimum atomic E-state index is -4.76. The van der Waals surface area contributed by atoms with E-state index in [2.05, 4.69) is 9.84 Å². The van der Waals surface area contributed by atoms with Crippen LogP contribution in [-0.2, 0) is 6.18 Å². The Balaban J connectivity index is 3.20. The van der Waals surface area contributed by atoms with E-state index >= 15 is 0 Å². The third-order valence-electron chi connectivity index (χ3n) is 2.35. The number of anilines is 1. The van der Waals surface area contributed by atoms with Crippen molar-refractivity contribution in [3.8, 4) is 11.8 Å². The fraction of sp³-hybridized carbons (Fsp3) is 0.250. The number of hydrazone groups is 1. The Kier molecular flexibility index (Phi) is 5.62. The molecule has 12 heteroatoms. The van der Waals surface area contributed by atoms with E-state index in [0.717, 1.165) is 0 Å². The summed E-state index contributed by atoms with van der Waals surface area (Å²) >= 11 is 0. The molecule has 0 aromatic heterocycles. The molecule has 0 aliphatic carbocycles. The number of hydrogen-bond acceptors (Lipinski definition) is 5. The third kappa shape index (κ3) is 5.67. The highest BCUT2D eigenvalue weighted by molar-refractivity contribution is 6.45. The first-order valence-electron chi connectivity index (χ1n) is 5.93. The number of nitriles is 1. The Morgan fingerprint density at radius 3 is 2.38 bits per heavy atom. The number of rotatable bonds is 5. The van der Waals surface area contributed by atoms with E-state index in [0.29, 0.717) is 18.2 Å². The smallest absolute Gasteiger partial charge is 0.422 e. The second-order valence-corrected chi connectivity index (χ2v) is 4.21. The number of nitrogens with one attached hydrogen (secondary N) is 2. The molecule has 0 saturated carbocycles. The van der Waals surface area contributed by atoms with Gasteiger partial charge in [-0.05, 0) is 18.2 Å². The second kappa shape index (κ2) is 7.07. The molecule has 6 nitrogen and oxygen atoms in total. The summed E-state index contributed by atoms with van der Waals surface area (Å²) in [6.45, 7) is -1.74. The number of ether oxygens (including phenoxy) is 1. The normalized spacial score (nSPS) is 12.5. The van der Waals surface area contributed by atoms with Gasteiger partial charge in [-0.15, -0.1) is 0 Å². The van der Waals surface area contributed by atoms with Gasteiger partial charge >= 0.3 is 12.4 Å². The summed E-state index contributed by atoms with van der Waals surface area (Å²) in [6.07, 6.45) is -9.47. The van der Waals surface area contributed by atoms with E-state index in [1.165, 1.54) is 6.07 Å². The number of halogens is 6. The predicted molar refractivity (Wildman–Crippen MR) is 71.6 cm³/mol. The summed E-state index contributed by atoms with van der Waals surface area (Å²) in [4.78, 5) is 0. The van der Waals surface area contributed by atoms with Crippen molar-refractivity contribution in [2.45, 2.75) is 12.4 Å². The molecule has 0 heterocycles. The third-order valence-corrected chi connectivity index (χ3v) is 2.35. The molecule has 0 atom stereocenters. The van der Waals surface area contributed by atoms with Gasteiger partial charge in [0.2, 0.25) is 5.71 Å². The maximum Gasteiger partial charge on any atom is 0.422 e. The van der Waals surface area contributed by atoms with Crippen molar-refractivity contribution in [1.29, 1.82) is 10.7 Å². The highest BCUT2D eigenvalue weighted by Gasteiger charge is 2.32. The zero-order chi connectivity index (χ0) is 18.5. The van der Waals surface area contributed by atoms with Gasteiger partial charge in [-0.2, -0.15) is 36.7 Å². The number of nitrogens with zero attached hydrogens (tertiary/aromatic N) is 2. The average Bonchev–Trinajstić information content (AvgIpc) is 2.44. The van der Waals surface area contributed by atoms with Crippen molar-refractivity contribution >= 4 is 17.2 Å². The van der Waals surface area contributed by atoms with Gasteiger partial charge in [0.25, 0.3) is 0 Å². The molecule has 24 heavy (non-hydrogen) atoms. The molecule has 0 amide bonds. The Hall–Kier alpha value is -2.97. The molecule has 0 fully saturated rings. The molecular weight excluding hydrogens is 344 g/mol. The SMILES string of the molecule is N#C/C(=N\Nc1cc(C(F)(F)F)ccc1OCC(F)(F)F)C(=N)N. The van der Waals surface area contributed by atoms with Gasteiger partial charge in [-0.3, -0.25) is 10.8 Å². The van der Waals surface area contributed by atoms with Crippen LogP contribution in [0.3, 0.4) is 0 Å². The van der Waals surface area contributed by atoms with Gasteiger partial charge in [-0.1, -0.05) is 0 Å². The predicted octanol–water partition coefficient (Wildman–Crippen LogP) is 2.87. The van der Waals surface area contributed by atoms with Crippen molar-refractivity contribution < 1.29 is 31.1 Å². The van der Waals surface area contributed by atoms with Crippen LogP contribution in [0.4, 0.5) is 32.0 Å². The van der Waals surface area contributed by atoms with Crippen LogP contribution in [0.15, 0.2) is 23.3 Å². The Labute approximate surface area is 131 Å². The van der Waals surface area contributed by atoms with Crippen molar-refractivity contribution in [3.63, 3.8) is 0 Å². The fourth-order valence-electron chi connectivity index (χ4n) is 1.34. The number of benzene rings is 1. The molecule has 0 bridgehead atoms. The molecule has 1 rings (SSSR count). The van der Waals surface area contributed by atoms with E-state index in [1.54, 1.807) is 0 Å². The van der Waals surface area contributed by atoms with Crippen LogP contribution in [0.25, 0.3) is 0 Å². The van der Waals surface area contributed by atoms with Gasteiger partial charge in [0.05, 0.1) is 11.3 Å². The molecule has 0 unspecified atom stereocenters. The minimum absolute atomic E-state index is 0.449. The van der Waals surface area contributed by atoms with Gasteiger partial charge < -0.3 is 10.5 Å². The van der Waals surface area contributed by atoms with Crippen LogP contribution in [0.5, 0.6) is 5.75 Å². The van der Waals surface area contributed by atoms with Gasteiger partial charge in [0, 0.05) is 0 Å². The average molecular weight is 353 g/mol. The summed E-state index contributed by atoms with van der Waals surface area (Å²) in [7, 11) is 0. The van der Waals surface area contributed by atoms with E-state index in [-0.39, 0.29) is 0 Å². The molecule has 4 N–H and O–H groups in total. The lowest BCUT2D eigenvalue weighted by Gasteiger charge is -2.15. The zero-order valence-corrected chi connectivity index (χ0v) is 11.6. The molecule has 0 aliphatic heterocycles. The van der Waals surface area contributed by atoms with Crippen molar-refractivity contribution in [1.82, 2.24) is 0 Å². The first-order valence-corrected chi connectivity index (χ1v) is 5.93. The molecular formula is C12H9F6N5O. The number of hydrogen-bond donors (Lipinski definition) is 3. The Morgan fingerprint density at radius 1 is 1.29 bits per heavy atom. The Morgan fingerprint density at radius 2 is 1.92 bits per heavy atom. The van der Waals surface area contributed by atoms with Crippen LogP contribution < -0.4 is 15.9 Å². The van der Waals surface area contributed by atoms with Gasteiger partial charge in [0.15, 0.2) is 12.4 Å². The molecule has 1 aromatic rings. The first-order chi connectivity index (χ1) is 10.9. The highest BCUT2D eigenvalue weighted by atomic mass is 19.4. The van der Waals surface area contributed by atoms with E-state index < -0.39 is 47.5 Å². The number of nitrogens with two attached hydrogens (primary N) is 1. The Bertz CT molecular complexity index is 689. The van der Waals surface area contributed by atoms with E-state index in [1.807, 2.05) is 5.43 Å². The van der Waals surface area contributed by atoms with Gasteiger partial charge in [-0.25, -0.2) is 0 Å². The summed E-state index contributed by atoms with van der Waals surface area (Å²) in [5.41, 5.74) is 4.51. The van der Waals surface area contributed by atoms with E-state index in [4.69, 9.17) is 16.4 Å². The lowest BCUT2D eigenvalue weighted by atomic mass is 10.2. The van der Waals surface area contributed by atoms with Crippen LogP contribution in [0.2, 0.25) is 0 Å². The second-order valence-electron chi connectivity index (χ2n) is 4.21. The standard InChI is InChI=1S/C12H9F6N5O/c13-11(14,15)5-24-9-2-1-6(12(16,17)18)3-7(9)22-23-8(4-19)10(20)21/h1-3,22H,5H2,(H3,20,21)/b23-8+. The topological polar surface area (TPSA) is 107 Å². The summed E-state index contributed by atoms with van der Waals surface area (Å²) in [5, 5.41) is 18.9. The van der Waals surface area contributed by atoms with Crippen molar-refractivity contribution in [3.05, 3.63) is 23.8 Å². The molecule has 130 valence electrons. The number of alkyl halides is 6. The van der Waals surface area contributed by atoms with Crippen LogP contribution in [0.1, 0.15) is 5.56 Å². The maximum absolute atomic E-state index is 12.7. The zero-order valence-electron chi connectivity index (χ0n) is 11.6. The summed E-state index contributed by atoms with van der Waals surface area (Å²) < 4.78 is 79.0. The largest absolute Gasteiger partial charge is 0.482 e. The molecule has 0 saturated heterocycles. The fourth-order valence-corrected chi connectivity index (χ4v) is 1.34. The number of amidine groups is 1. The monoisotopic (exact) mass is 353 g/mol. The maximum atomic E-state index is 12.7. The van der Waals surface area contributed by atoms with Gasteiger partial charge in [0.1, 0.15) is 11.8 Å².